The Bertz CT molecular complexity index is 1010. The first-order chi connectivity index (χ1) is 13.8. The molecule has 3 atom stereocenters. The Labute approximate surface area is 147 Å². The van der Waals surface area contributed by atoms with Gasteiger partial charge in [-0.25, -0.2) is 4.79 Å². The third-order valence-electron chi connectivity index (χ3n) is 5.83. The Kier molecular flexibility index (Phi) is 2.27. The van der Waals surface area contributed by atoms with E-state index < -0.39 is 18.1 Å². The Morgan fingerprint density at radius 1 is 1.25 bits per heavy atom. The fraction of sp³-hybridized carbons (Fsp3) is 0.526. The summed E-state index contributed by atoms with van der Waals surface area (Å²) in [5.74, 6) is -0.410. The molecule has 4 saturated heterocycles. The summed E-state index contributed by atoms with van der Waals surface area (Å²) in [4.78, 5) is 17.9. The maximum Gasteiger partial charge on any atom is 0.340 e. The monoisotopic (exact) mass is 331 g/mol. The van der Waals surface area contributed by atoms with Crippen molar-refractivity contribution in [1.29, 1.82) is 0 Å². The standard InChI is InChI=1S/C19H22N2O3/c22-18-10-21-12-5-11(18)6-13(21)8-14(7-12)24-19(23)16-9-20-17-4-2-1-3-15(16)17/h1-4,9,11-14,18,20,22H,5-8,10H2/i1D,2D,3D,4D,9D. The molecular formula is C19H22N2O3. The summed E-state index contributed by atoms with van der Waals surface area (Å²) in [6.45, 7) is 0.677. The molecule has 0 amide bonds. The first kappa shape index (κ1) is 10.2. The van der Waals surface area contributed by atoms with E-state index in [1.165, 1.54) is 0 Å². The van der Waals surface area contributed by atoms with Gasteiger partial charge in [0.25, 0.3) is 0 Å². The smallest absolute Gasteiger partial charge is 0.340 e. The molecule has 24 heavy (non-hydrogen) atoms. The van der Waals surface area contributed by atoms with Crippen molar-refractivity contribution in [1.82, 2.24) is 9.88 Å². The number of carbonyl (C=O) groups excluding carboxylic acids is 1. The van der Waals surface area contributed by atoms with E-state index in [1.54, 1.807) is 0 Å². The Morgan fingerprint density at radius 3 is 2.75 bits per heavy atom. The molecule has 0 saturated carbocycles. The van der Waals surface area contributed by atoms with Gasteiger partial charge in [0.2, 0.25) is 0 Å². The summed E-state index contributed by atoms with van der Waals surface area (Å²) in [5.41, 5.74) is -0.0918. The van der Waals surface area contributed by atoms with Crippen molar-refractivity contribution in [3.05, 3.63) is 35.9 Å². The zero-order chi connectivity index (χ0) is 20.6. The Hall–Kier alpha value is -1.85. The molecule has 0 spiro atoms. The first-order valence-electron chi connectivity index (χ1n) is 11.0. The van der Waals surface area contributed by atoms with Crippen molar-refractivity contribution >= 4 is 16.9 Å². The van der Waals surface area contributed by atoms with Crippen LogP contribution in [0.2, 0.25) is 0 Å². The van der Waals surface area contributed by atoms with Crippen molar-refractivity contribution in [3.63, 3.8) is 0 Å². The molecule has 2 N–H and O–H groups in total. The van der Waals surface area contributed by atoms with Crippen LogP contribution < -0.4 is 0 Å². The van der Waals surface area contributed by atoms with E-state index in [1.807, 2.05) is 0 Å². The van der Waals surface area contributed by atoms with Crippen LogP contribution in [-0.4, -0.2) is 51.8 Å². The van der Waals surface area contributed by atoms with Gasteiger partial charge in [-0.15, -0.1) is 0 Å². The third-order valence-corrected chi connectivity index (χ3v) is 5.83. The number of hydrogen-bond donors (Lipinski definition) is 2. The minimum atomic E-state index is -0.726. The zero-order valence-corrected chi connectivity index (χ0v) is 13.1. The highest BCUT2D eigenvalue weighted by Crippen LogP contribution is 2.43. The number of aliphatic hydroxyl groups excluding tert-OH is 1. The summed E-state index contributed by atoms with van der Waals surface area (Å²) in [5, 5.41) is 10.1. The summed E-state index contributed by atoms with van der Waals surface area (Å²) >= 11 is 0. The van der Waals surface area contributed by atoms with Crippen LogP contribution in [0.4, 0.5) is 0 Å². The Balaban J connectivity index is 1.43. The molecule has 4 fully saturated rings. The number of benzene rings is 1. The fourth-order valence-corrected chi connectivity index (χ4v) is 4.75. The summed E-state index contributed by atoms with van der Waals surface area (Å²) in [6.07, 6.45) is 2.32. The average molecular weight is 331 g/mol. The molecule has 4 bridgehead atoms. The quantitative estimate of drug-likeness (QED) is 0.829. The number of nitrogens with zero attached hydrogens (tertiary/aromatic N) is 1. The average Bonchev–Trinajstić information content (AvgIpc) is 3.02. The molecule has 5 heterocycles. The van der Waals surface area contributed by atoms with Gasteiger partial charge in [0.05, 0.1) is 18.5 Å². The lowest BCUT2D eigenvalue weighted by Gasteiger charge is -2.56. The number of rotatable bonds is 2. The predicted molar refractivity (Wildman–Crippen MR) is 89.7 cm³/mol. The first-order valence-corrected chi connectivity index (χ1v) is 8.49. The van der Waals surface area contributed by atoms with Gasteiger partial charge in [0.15, 0.2) is 0 Å². The van der Waals surface area contributed by atoms with Crippen molar-refractivity contribution in [3.8, 4) is 0 Å². The topological polar surface area (TPSA) is 65.6 Å². The van der Waals surface area contributed by atoms with Crippen molar-refractivity contribution in [2.75, 3.05) is 6.54 Å². The van der Waals surface area contributed by atoms with Crippen LogP contribution >= 0.6 is 0 Å². The van der Waals surface area contributed by atoms with E-state index in [9.17, 15) is 9.90 Å². The number of aromatic amines is 1. The Morgan fingerprint density at radius 2 is 2.00 bits per heavy atom. The number of aliphatic hydroxyl groups is 1. The van der Waals surface area contributed by atoms with Crippen LogP contribution in [0.1, 0.15) is 42.9 Å². The number of nitrogens with one attached hydrogen (secondary N) is 1. The normalized spacial score (nSPS) is 40.5. The number of fused-ring (bicyclic) bond motifs is 2. The van der Waals surface area contributed by atoms with Gasteiger partial charge in [-0.3, -0.25) is 4.90 Å². The van der Waals surface area contributed by atoms with Gasteiger partial charge in [-0.1, -0.05) is 18.1 Å². The molecule has 6 rings (SSSR count). The maximum absolute atomic E-state index is 12.9. The van der Waals surface area contributed by atoms with Crippen molar-refractivity contribution in [2.24, 2.45) is 5.92 Å². The zero-order valence-electron chi connectivity index (χ0n) is 18.1. The number of carbonyl (C=O) groups is 1. The van der Waals surface area contributed by atoms with Crippen molar-refractivity contribution in [2.45, 2.75) is 50.0 Å². The van der Waals surface area contributed by atoms with Crippen LogP contribution in [0.15, 0.2) is 30.3 Å². The fourth-order valence-electron chi connectivity index (χ4n) is 4.75. The second kappa shape index (κ2) is 5.33. The molecule has 1 aromatic heterocycles. The molecule has 5 nitrogen and oxygen atoms in total. The van der Waals surface area contributed by atoms with Gasteiger partial charge in [0.1, 0.15) is 6.10 Å². The summed E-state index contributed by atoms with van der Waals surface area (Å²) in [7, 11) is 0. The second-order valence-corrected chi connectivity index (χ2v) is 7.18. The second-order valence-electron chi connectivity index (χ2n) is 7.18. The van der Waals surface area contributed by atoms with Crippen LogP contribution in [0.5, 0.6) is 0 Å². The molecule has 5 heteroatoms. The number of H-pyrrole nitrogens is 1. The van der Waals surface area contributed by atoms with Crippen LogP contribution in [-0.2, 0) is 4.74 Å². The van der Waals surface area contributed by atoms with E-state index >= 15 is 0 Å². The number of para-hydroxylation sites is 1. The molecule has 2 aromatic rings. The van der Waals surface area contributed by atoms with E-state index in [-0.39, 0.29) is 59.0 Å². The molecule has 3 unspecified atom stereocenters. The van der Waals surface area contributed by atoms with E-state index in [0.29, 0.717) is 25.3 Å². The third kappa shape index (κ3) is 2.19. The number of piperidine rings is 4. The highest BCUT2D eigenvalue weighted by molar-refractivity contribution is 6.04. The lowest BCUT2D eigenvalue weighted by Crippen LogP contribution is -2.64. The van der Waals surface area contributed by atoms with Gasteiger partial charge >= 0.3 is 5.97 Å². The molecule has 126 valence electrons. The number of aromatic nitrogens is 1. The lowest BCUT2D eigenvalue weighted by molar-refractivity contribution is -0.130. The minimum Gasteiger partial charge on any atom is -0.459 e. The van der Waals surface area contributed by atoms with Crippen LogP contribution in [0.25, 0.3) is 10.9 Å². The highest BCUT2D eigenvalue weighted by Gasteiger charge is 2.49. The minimum absolute atomic E-state index is 0.00735. The molecule has 1 aromatic carbocycles. The van der Waals surface area contributed by atoms with Gasteiger partial charge < -0.3 is 14.8 Å². The van der Waals surface area contributed by atoms with Gasteiger partial charge in [0, 0.05) is 48.5 Å². The molecule has 0 aliphatic carbocycles. The van der Waals surface area contributed by atoms with Gasteiger partial charge in [-0.05, 0) is 24.8 Å². The molecule has 4 aliphatic rings. The van der Waals surface area contributed by atoms with Crippen LogP contribution in [0, 0.1) is 5.92 Å². The summed E-state index contributed by atoms with van der Waals surface area (Å²) in [6, 6.07) is -0.933. The number of esters is 1. The predicted octanol–water partition coefficient (Wildman–Crippen LogP) is 2.31. The highest BCUT2D eigenvalue weighted by atomic mass is 16.5. The summed E-state index contributed by atoms with van der Waals surface area (Å²) < 4.78 is 45.6. The molecular weight excluding hydrogens is 304 g/mol. The van der Waals surface area contributed by atoms with E-state index in [4.69, 9.17) is 11.6 Å². The maximum atomic E-state index is 12.9. The van der Waals surface area contributed by atoms with Crippen LogP contribution in [0.3, 0.4) is 0 Å². The van der Waals surface area contributed by atoms with E-state index in [2.05, 4.69) is 9.88 Å². The van der Waals surface area contributed by atoms with Crippen molar-refractivity contribution < 1.29 is 21.5 Å². The number of hydrogen-bond acceptors (Lipinski definition) is 4. The van der Waals surface area contributed by atoms with Gasteiger partial charge in [-0.2, -0.15) is 0 Å². The van der Waals surface area contributed by atoms with E-state index in [0.717, 1.165) is 12.8 Å². The largest absolute Gasteiger partial charge is 0.459 e. The number of ether oxygens (including phenoxy) is 1. The molecule has 0 radical (unpaired) electrons. The molecule has 4 aliphatic heterocycles. The SMILES string of the molecule is [2H]c1[nH]c2c([2H])c([2H])c([2H])c([2H])c2c1C(=O)OC1CC2CC3CC(C1)N2CC3O. The lowest BCUT2D eigenvalue weighted by atomic mass is 9.71.